The second-order valence-corrected chi connectivity index (χ2v) is 5.37. The average molecular weight is 339 g/mol. The van der Waals surface area contributed by atoms with Crippen LogP contribution in [0.3, 0.4) is 0 Å². The molecule has 0 unspecified atom stereocenters. The van der Waals surface area contributed by atoms with Crippen LogP contribution in [0.4, 0.5) is 11.4 Å². The maximum atomic E-state index is 12.7. The van der Waals surface area contributed by atoms with E-state index in [1.807, 2.05) is 6.07 Å². The molecule has 2 aromatic rings. The van der Waals surface area contributed by atoms with Crippen LogP contribution in [0, 0.1) is 28.4 Å². The number of rotatable bonds is 3. The Bertz CT molecular complexity index is 917. The van der Waals surface area contributed by atoms with Gasteiger partial charge in [0.25, 0.3) is 11.6 Å². The van der Waals surface area contributed by atoms with Gasteiger partial charge in [-0.1, -0.05) is 6.07 Å². The van der Waals surface area contributed by atoms with Crippen LogP contribution in [0.1, 0.15) is 21.5 Å². The third kappa shape index (κ3) is 3.21. The van der Waals surface area contributed by atoms with Crippen molar-refractivity contribution in [2.45, 2.75) is 6.92 Å². The number of fused-ring (bicyclic) bond motifs is 1. The zero-order chi connectivity index (χ0) is 18.0. The first-order valence-corrected chi connectivity index (χ1v) is 7.39. The quantitative estimate of drug-likeness (QED) is 0.679. The van der Waals surface area contributed by atoms with E-state index < -0.39 is 10.8 Å². The lowest BCUT2D eigenvalue weighted by atomic mass is 10.1. The normalized spacial score (nSPS) is 12.2. The van der Waals surface area contributed by atoms with Crippen LogP contribution in [-0.4, -0.2) is 24.0 Å². The number of carbonyl (C=O) groups is 1. The zero-order valence-electron chi connectivity index (χ0n) is 13.2. The lowest BCUT2D eigenvalue weighted by molar-refractivity contribution is -0.385. The van der Waals surface area contributed by atoms with Gasteiger partial charge in [0, 0.05) is 11.8 Å². The van der Waals surface area contributed by atoms with Gasteiger partial charge in [-0.05, 0) is 24.6 Å². The monoisotopic (exact) mass is 339 g/mol. The van der Waals surface area contributed by atoms with E-state index in [0.29, 0.717) is 11.3 Å². The van der Waals surface area contributed by atoms with Gasteiger partial charge in [0.1, 0.15) is 13.2 Å². The number of aryl methyl sites for hydroxylation is 1. The molecule has 3 rings (SSSR count). The predicted molar refractivity (Wildman–Crippen MR) is 87.9 cm³/mol. The number of non-ortho nitro benzene ring substituents is 1. The first-order valence-electron chi connectivity index (χ1n) is 7.39. The van der Waals surface area contributed by atoms with Crippen molar-refractivity contribution in [2.24, 2.45) is 0 Å². The van der Waals surface area contributed by atoms with Gasteiger partial charge in [-0.15, -0.1) is 0 Å². The molecule has 2 aromatic carbocycles. The van der Waals surface area contributed by atoms with Crippen molar-refractivity contribution in [3.8, 4) is 17.6 Å². The van der Waals surface area contributed by atoms with Crippen molar-refractivity contribution in [1.82, 2.24) is 0 Å². The van der Waals surface area contributed by atoms with Crippen LogP contribution < -0.4 is 14.8 Å². The fraction of sp³-hybridized carbons (Fsp3) is 0.176. The number of nitrogens with zero attached hydrogens (tertiary/aromatic N) is 2. The molecule has 0 saturated carbocycles. The molecule has 1 amide bonds. The summed E-state index contributed by atoms with van der Waals surface area (Å²) in [6, 6.07) is 9.25. The standard InChI is InChI=1S/C17H13N3O5/c1-10-2-3-11(9-18)6-14(10)19-17(21)13-7-12(20(22)23)8-15-16(13)25-5-4-24-15/h2-3,6-8H,4-5H2,1H3,(H,19,21). The number of carbonyl (C=O) groups excluding carboxylic acids is 1. The van der Waals surface area contributed by atoms with Gasteiger partial charge in [-0.2, -0.15) is 5.26 Å². The Morgan fingerprint density at radius 3 is 2.76 bits per heavy atom. The van der Waals surface area contributed by atoms with E-state index in [2.05, 4.69) is 5.32 Å². The molecule has 8 heteroatoms. The van der Waals surface area contributed by atoms with E-state index >= 15 is 0 Å². The number of nitro groups is 1. The second-order valence-electron chi connectivity index (χ2n) is 5.37. The third-order valence-corrected chi connectivity index (χ3v) is 3.70. The van der Waals surface area contributed by atoms with Crippen molar-refractivity contribution >= 4 is 17.3 Å². The van der Waals surface area contributed by atoms with Crippen LogP contribution in [0.25, 0.3) is 0 Å². The first-order chi connectivity index (χ1) is 12.0. The van der Waals surface area contributed by atoms with Gasteiger partial charge in [0.2, 0.25) is 0 Å². The Labute approximate surface area is 142 Å². The van der Waals surface area contributed by atoms with E-state index in [1.54, 1.807) is 19.1 Å². The number of anilines is 1. The number of hydrogen-bond donors (Lipinski definition) is 1. The van der Waals surface area contributed by atoms with Crippen molar-refractivity contribution < 1.29 is 19.2 Å². The first kappa shape index (κ1) is 16.3. The van der Waals surface area contributed by atoms with Crippen LogP contribution in [0.5, 0.6) is 11.5 Å². The number of benzene rings is 2. The molecule has 1 aliphatic rings. The number of nitriles is 1. The van der Waals surface area contributed by atoms with Crippen molar-refractivity contribution in [3.63, 3.8) is 0 Å². The highest BCUT2D eigenvalue weighted by atomic mass is 16.6. The summed E-state index contributed by atoms with van der Waals surface area (Å²) in [6.07, 6.45) is 0. The molecule has 0 spiro atoms. The van der Waals surface area contributed by atoms with E-state index in [9.17, 15) is 14.9 Å². The number of nitro benzene ring substituents is 1. The fourth-order valence-electron chi connectivity index (χ4n) is 2.43. The molecule has 1 N–H and O–H groups in total. The lowest BCUT2D eigenvalue weighted by Crippen LogP contribution is -2.21. The number of amides is 1. The molecule has 0 fully saturated rings. The fourth-order valence-corrected chi connectivity index (χ4v) is 2.43. The Hall–Kier alpha value is -3.60. The second kappa shape index (κ2) is 6.49. The van der Waals surface area contributed by atoms with Crippen molar-refractivity contribution in [3.05, 3.63) is 57.1 Å². The SMILES string of the molecule is Cc1ccc(C#N)cc1NC(=O)c1cc([N+](=O)[O-])cc2c1OCCO2. The molecule has 0 atom stereocenters. The Kier molecular flexibility index (Phi) is 4.22. The molecular weight excluding hydrogens is 326 g/mol. The highest BCUT2D eigenvalue weighted by Crippen LogP contribution is 2.38. The minimum Gasteiger partial charge on any atom is -0.486 e. The predicted octanol–water partition coefficient (Wildman–Crippen LogP) is 2.80. The molecule has 8 nitrogen and oxygen atoms in total. The lowest BCUT2D eigenvalue weighted by Gasteiger charge is -2.20. The number of hydrogen-bond acceptors (Lipinski definition) is 6. The molecule has 0 aliphatic carbocycles. The topological polar surface area (TPSA) is 114 Å². The molecule has 0 saturated heterocycles. The van der Waals surface area contributed by atoms with E-state index in [4.69, 9.17) is 14.7 Å². The molecule has 1 aliphatic heterocycles. The summed E-state index contributed by atoms with van der Waals surface area (Å²) in [5.41, 5.74) is 1.33. The summed E-state index contributed by atoms with van der Waals surface area (Å²) in [7, 11) is 0. The summed E-state index contributed by atoms with van der Waals surface area (Å²) in [5, 5.41) is 22.8. The Morgan fingerprint density at radius 2 is 2.04 bits per heavy atom. The summed E-state index contributed by atoms with van der Waals surface area (Å²) in [5.74, 6) is -0.250. The molecule has 1 heterocycles. The Morgan fingerprint density at radius 1 is 1.28 bits per heavy atom. The van der Waals surface area contributed by atoms with Crippen molar-refractivity contribution in [1.29, 1.82) is 5.26 Å². The zero-order valence-corrected chi connectivity index (χ0v) is 13.2. The van der Waals surface area contributed by atoms with Gasteiger partial charge in [0.15, 0.2) is 11.5 Å². The number of nitrogens with one attached hydrogen (secondary N) is 1. The van der Waals surface area contributed by atoms with Gasteiger partial charge >= 0.3 is 0 Å². The molecule has 0 aromatic heterocycles. The van der Waals surface area contributed by atoms with Gasteiger partial charge in [0.05, 0.1) is 28.2 Å². The van der Waals surface area contributed by atoms with E-state index in [0.717, 1.165) is 11.6 Å². The van der Waals surface area contributed by atoms with Crippen LogP contribution in [0.15, 0.2) is 30.3 Å². The van der Waals surface area contributed by atoms with E-state index in [-0.39, 0.29) is 36.0 Å². The minimum atomic E-state index is -0.601. The minimum absolute atomic E-state index is 0.00524. The molecule has 126 valence electrons. The highest BCUT2D eigenvalue weighted by Gasteiger charge is 2.26. The number of ether oxygens (including phenoxy) is 2. The van der Waals surface area contributed by atoms with Crippen LogP contribution >= 0.6 is 0 Å². The van der Waals surface area contributed by atoms with E-state index in [1.165, 1.54) is 12.1 Å². The van der Waals surface area contributed by atoms with Gasteiger partial charge in [-0.25, -0.2) is 0 Å². The average Bonchev–Trinajstić information content (AvgIpc) is 2.62. The molecular formula is C17H13N3O5. The summed E-state index contributed by atoms with van der Waals surface area (Å²) < 4.78 is 10.8. The summed E-state index contributed by atoms with van der Waals surface area (Å²) >= 11 is 0. The third-order valence-electron chi connectivity index (χ3n) is 3.70. The molecule has 25 heavy (non-hydrogen) atoms. The summed E-state index contributed by atoms with van der Waals surface area (Å²) in [6.45, 7) is 2.27. The van der Waals surface area contributed by atoms with Crippen molar-refractivity contribution in [2.75, 3.05) is 18.5 Å². The van der Waals surface area contributed by atoms with Gasteiger partial charge in [-0.3, -0.25) is 14.9 Å². The van der Waals surface area contributed by atoms with Crippen LogP contribution in [0.2, 0.25) is 0 Å². The van der Waals surface area contributed by atoms with Gasteiger partial charge < -0.3 is 14.8 Å². The maximum Gasteiger partial charge on any atom is 0.274 e. The highest BCUT2D eigenvalue weighted by molar-refractivity contribution is 6.07. The maximum absolute atomic E-state index is 12.7. The molecule has 0 bridgehead atoms. The molecule has 0 radical (unpaired) electrons. The summed E-state index contributed by atoms with van der Waals surface area (Å²) in [4.78, 5) is 23.2. The smallest absolute Gasteiger partial charge is 0.274 e. The Balaban J connectivity index is 2.01. The van der Waals surface area contributed by atoms with Crippen LogP contribution in [-0.2, 0) is 0 Å². The largest absolute Gasteiger partial charge is 0.486 e.